The van der Waals surface area contributed by atoms with Crippen LogP contribution in [0.4, 0.5) is 4.79 Å². The van der Waals surface area contributed by atoms with E-state index in [2.05, 4.69) is 6.92 Å². The number of hydrogen-bond donors (Lipinski definition) is 1. The molecule has 1 unspecified atom stereocenters. The third-order valence-electron chi connectivity index (χ3n) is 2.08. The average Bonchev–Trinajstić information content (AvgIpc) is 2.82. The van der Waals surface area contributed by atoms with Gasteiger partial charge >= 0.3 is 6.09 Å². The summed E-state index contributed by atoms with van der Waals surface area (Å²) in [7, 11) is 1.00. The molecule has 0 saturated carbocycles. The van der Waals surface area contributed by atoms with Gasteiger partial charge in [-0.15, -0.1) is 0 Å². The van der Waals surface area contributed by atoms with E-state index in [1.165, 1.54) is 0 Å². The van der Waals surface area contributed by atoms with Crippen molar-refractivity contribution in [3.8, 4) is 0 Å². The summed E-state index contributed by atoms with van der Waals surface area (Å²) in [5, 5.41) is 7.00. The Hall–Kier alpha value is -0.770. The number of ether oxygens (including phenoxy) is 1. The van der Waals surface area contributed by atoms with Crippen molar-refractivity contribution in [2.24, 2.45) is 5.92 Å². The number of nitrogens with zero attached hydrogens (tertiary/aromatic N) is 1. The Morgan fingerprint density at radius 1 is 1.16 bits per heavy atom. The summed E-state index contributed by atoms with van der Waals surface area (Å²) in [6.45, 7) is 17.5. The highest BCUT2D eigenvalue weighted by atomic mass is 16.6. The molecule has 1 N–H and O–H groups in total. The lowest BCUT2D eigenvalue weighted by atomic mass is 10.2. The molecule has 1 saturated heterocycles. The molecule has 118 valence electrons. The van der Waals surface area contributed by atoms with Gasteiger partial charge in [-0.2, -0.15) is 0 Å². The van der Waals surface area contributed by atoms with Crippen molar-refractivity contribution in [3.05, 3.63) is 0 Å². The van der Waals surface area contributed by atoms with E-state index in [4.69, 9.17) is 9.84 Å². The highest BCUT2D eigenvalue weighted by Crippen LogP contribution is 2.18. The Bertz CT molecular complexity index is 200. The number of aliphatic hydroxyl groups excluding tert-OH is 1. The number of carbonyl (C=O) groups excluding carboxylic acids is 1. The van der Waals surface area contributed by atoms with Crippen LogP contribution in [0.3, 0.4) is 0 Å². The highest BCUT2D eigenvalue weighted by Gasteiger charge is 2.27. The van der Waals surface area contributed by atoms with E-state index in [0.29, 0.717) is 5.92 Å². The lowest BCUT2D eigenvalue weighted by Crippen LogP contribution is -2.35. The Balaban J connectivity index is -0.000000375. The number of likely N-dealkylation sites (tertiary alicyclic amines) is 1. The summed E-state index contributed by atoms with van der Waals surface area (Å²) in [5.41, 5.74) is -0.372. The maximum Gasteiger partial charge on any atom is 0.410 e. The lowest BCUT2D eigenvalue weighted by molar-refractivity contribution is 0.0289. The fraction of sp³-hybridized carbons (Fsp3) is 0.933. The van der Waals surface area contributed by atoms with Crippen LogP contribution in [0, 0.1) is 5.92 Å². The molecule has 4 heteroatoms. The minimum Gasteiger partial charge on any atom is -0.444 e. The Morgan fingerprint density at radius 2 is 1.58 bits per heavy atom. The van der Waals surface area contributed by atoms with Gasteiger partial charge in [-0.3, -0.25) is 0 Å². The van der Waals surface area contributed by atoms with Crippen LogP contribution in [0.2, 0.25) is 0 Å². The molecule has 1 amide bonds. The van der Waals surface area contributed by atoms with Gasteiger partial charge in [0.25, 0.3) is 0 Å². The fourth-order valence-electron chi connectivity index (χ4n) is 1.43. The van der Waals surface area contributed by atoms with Crippen LogP contribution in [0.1, 0.15) is 61.8 Å². The second kappa shape index (κ2) is 13.7. The predicted molar refractivity (Wildman–Crippen MR) is 82.4 cm³/mol. The first kappa shape index (κ1) is 23.3. The van der Waals surface area contributed by atoms with Gasteiger partial charge in [0.15, 0.2) is 0 Å². The van der Waals surface area contributed by atoms with Gasteiger partial charge in [-0.25, -0.2) is 4.79 Å². The zero-order valence-electron chi connectivity index (χ0n) is 14.4. The summed E-state index contributed by atoms with van der Waals surface area (Å²) >= 11 is 0. The van der Waals surface area contributed by atoms with Crippen LogP contribution >= 0.6 is 0 Å². The van der Waals surface area contributed by atoms with Crippen LogP contribution in [-0.2, 0) is 4.74 Å². The molecule has 0 radical (unpaired) electrons. The molecule has 0 aromatic carbocycles. The van der Waals surface area contributed by atoms with E-state index in [1.54, 1.807) is 4.90 Å². The normalized spacial score (nSPS) is 16.9. The molecule has 1 rings (SSSR count). The smallest absolute Gasteiger partial charge is 0.410 e. The molecule has 0 bridgehead atoms. The van der Waals surface area contributed by atoms with Crippen molar-refractivity contribution in [2.45, 2.75) is 67.4 Å². The zero-order chi connectivity index (χ0) is 16.1. The van der Waals surface area contributed by atoms with Gasteiger partial charge in [0.1, 0.15) is 5.60 Å². The van der Waals surface area contributed by atoms with Crippen LogP contribution in [0.5, 0.6) is 0 Å². The standard InChI is InChI=1S/C10H19NO2.2C2H6.CH4O/c1-8-5-6-11(7-8)9(12)13-10(2,3)4;3*1-2/h8H,5-7H2,1-4H3;2*1-2H3;2H,1H3. The van der Waals surface area contributed by atoms with Gasteiger partial charge in [0.05, 0.1) is 0 Å². The number of aliphatic hydroxyl groups is 1. The molecule has 1 atom stereocenters. The highest BCUT2D eigenvalue weighted by molar-refractivity contribution is 5.68. The Labute approximate surface area is 120 Å². The number of carbonyl (C=O) groups is 1. The maximum atomic E-state index is 11.5. The van der Waals surface area contributed by atoms with Gasteiger partial charge in [-0.1, -0.05) is 34.6 Å². The molecule has 1 heterocycles. The zero-order valence-corrected chi connectivity index (χ0v) is 14.4. The predicted octanol–water partition coefficient (Wildman–Crippen LogP) is 3.92. The molecular weight excluding hydrogens is 242 g/mol. The quantitative estimate of drug-likeness (QED) is 0.730. The number of hydrogen-bond acceptors (Lipinski definition) is 3. The molecule has 4 nitrogen and oxygen atoms in total. The summed E-state index contributed by atoms with van der Waals surface area (Å²) < 4.78 is 5.26. The summed E-state index contributed by atoms with van der Waals surface area (Å²) in [6.07, 6.45) is 0.927. The van der Waals surface area contributed by atoms with Crippen molar-refractivity contribution in [2.75, 3.05) is 20.2 Å². The molecular formula is C15H35NO3. The first-order valence-corrected chi connectivity index (χ1v) is 7.31. The fourth-order valence-corrected chi connectivity index (χ4v) is 1.43. The number of amides is 1. The second-order valence-corrected chi connectivity index (χ2v) is 4.82. The first-order chi connectivity index (χ1) is 8.88. The third kappa shape index (κ3) is 13.5. The molecule has 1 fully saturated rings. The molecule has 0 aromatic heterocycles. The summed E-state index contributed by atoms with van der Waals surface area (Å²) in [6, 6.07) is 0. The largest absolute Gasteiger partial charge is 0.444 e. The molecule has 1 aliphatic heterocycles. The van der Waals surface area contributed by atoms with Gasteiger partial charge in [-0.05, 0) is 33.1 Å². The van der Waals surface area contributed by atoms with Crippen molar-refractivity contribution >= 4 is 6.09 Å². The molecule has 0 aliphatic carbocycles. The number of rotatable bonds is 0. The second-order valence-electron chi connectivity index (χ2n) is 4.82. The van der Waals surface area contributed by atoms with Gasteiger partial charge in [0, 0.05) is 20.2 Å². The monoisotopic (exact) mass is 277 g/mol. The van der Waals surface area contributed by atoms with Crippen LogP contribution < -0.4 is 0 Å². The Morgan fingerprint density at radius 3 is 1.84 bits per heavy atom. The topological polar surface area (TPSA) is 49.8 Å². The SMILES string of the molecule is CC.CC.CC1CCN(C(=O)OC(C)(C)C)C1.CO. The van der Waals surface area contributed by atoms with E-state index in [9.17, 15) is 4.79 Å². The van der Waals surface area contributed by atoms with E-state index < -0.39 is 0 Å². The van der Waals surface area contributed by atoms with Crippen molar-refractivity contribution in [3.63, 3.8) is 0 Å². The van der Waals surface area contributed by atoms with Crippen LogP contribution in [0.15, 0.2) is 0 Å². The van der Waals surface area contributed by atoms with E-state index >= 15 is 0 Å². The average molecular weight is 277 g/mol. The Kier molecular flexibility index (Phi) is 16.8. The molecule has 0 aromatic rings. The van der Waals surface area contributed by atoms with Crippen molar-refractivity contribution < 1.29 is 14.6 Å². The van der Waals surface area contributed by atoms with Crippen LogP contribution in [0.25, 0.3) is 0 Å². The lowest BCUT2D eigenvalue weighted by Gasteiger charge is -2.24. The molecule has 1 aliphatic rings. The third-order valence-corrected chi connectivity index (χ3v) is 2.08. The molecule has 19 heavy (non-hydrogen) atoms. The van der Waals surface area contributed by atoms with Crippen molar-refractivity contribution in [1.82, 2.24) is 4.90 Å². The maximum absolute atomic E-state index is 11.5. The minimum absolute atomic E-state index is 0.170. The molecule has 0 spiro atoms. The summed E-state index contributed by atoms with van der Waals surface area (Å²) in [4.78, 5) is 13.3. The minimum atomic E-state index is -0.372. The van der Waals surface area contributed by atoms with E-state index in [1.807, 2.05) is 48.5 Å². The van der Waals surface area contributed by atoms with Crippen LogP contribution in [-0.4, -0.2) is 41.9 Å². The summed E-state index contributed by atoms with van der Waals surface area (Å²) in [5.74, 6) is 0.618. The van der Waals surface area contributed by atoms with E-state index in [-0.39, 0.29) is 11.7 Å². The van der Waals surface area contributed by atoms with Gasteiger partial charge < -0.3 is 14.7 Å². The first-order valence-electron chi connectivity index (χ1n) is 7.31. The van der Waals surface area contributed by atoms with Crippen molar-refractivity contribution in [1.29, 1.82) is 0 Å². The van der Waals surface area contributed by atoms with E-state index in [0.717, 1.165) is 26.6 Å². The van der Waals surface area contributed by atoms with Gasteiger partial charge in [0.2, 0.25) is 0 Å².